The first-order chi connectivity index (χ1) is 32.0. The van der Waals surface area contributed by atoms with E-state index in [9.17, 15) is 19.8 Å². The number of hydrogen-bond donors (Lipinski definition) is 3. The van der Waals surface area contributed by atoms with Crippen LogP contribution in [0, 0.1) is 0 Å². The van der Waals surface area contributed by atoms with Crippen LogP contribution in [0.25, 0.3) is 0 Å². The van der Waals surface area contributed by atoms with Crippen molar-refractivity contribution in [3.8, 4) is 0 Å². The number of amides is 1. The quantitative estimate of drug-likeness (QED) is 0.0321. The van der Waals surface area contributed by atoms with Crippen molar-refractivity contribution in [2.75, 3.05) is 13.2 Å². The van der Waals surface area contributed by atoms with E-state index >= 15 is 0 Å². The molecule has 1 amide bonds. The fourth-order valence-corrected chi connectivity index (χ4v) is 8.98. The maximum Gasteiger partial charge on any atom is 0.305 e. The lowest BCUT2D eigenvalue weighted by molar-refractivity contribution is -0.143. The second-order valence-electron chi connectivity index (χ2n) is 20.0. The molecule has 2 atom stereocenters. The molecule has 0 rings (SSSR count). The molecule has 0 fully saturated rings. The third-order valence-electron chi connectivity index (χ3n) is 13.5. The first-order valence-electron chi connectivity index (χ1n) is 29.1. The molecule has 0 aliphatic rings. The van der Waals surface area contributed by atoms with Crippen molar-refractivity contribution in [1.29, 1.82) is 0 Å². The molecule has 65 heavy (non-hydrogen) atoms. The fraction of sp³-hybridized carbons (Fsp3) is 0.898. The zero-order valence-corrected chi connectivity index (χ0v) is 43.7. The summed E-state index contributed by atoms with van der Waals surface area (Å²) in [6.45, 7) is 4.92. The largest absolute Gasteiger partial charge is 0.466 e. The normalized spacial score (nSPS) is 12.7. The number of unbranched alkanes of at least 4 members (excludes halogenated alkanes) is 39. The Morgan fingerprint density at radius 1 is 0.415 bits per heavy atom. The van der Waals surface area contributed by atoms with Gasteiger partial charge in [-0.25, -0.2) is 0 Å². The van der Waals surface area contributed by atoms with E-state index in [4.69, 9.17) is 4.74 Å². The predicted octanol–water partition coefficient (Wildman–Crippen LogP) is 17.9. The Morgan fingerprint density at radius 2 is 0.723 bits per heavy atom. The highest BCUT2D eigenvalue weighted by atomic mass is 16.5. The van der Waals surface area contributed by atoms with E-state index in [1.165, 1.54) is 212 Å². The van der Waals surface area contributed by atoms with Gasteiger partial charge in [-0.2, -0.15) is 0 Å². The minimum absolute atomic E-state index is 0.0102. The highest BCUT2D eigenvalue weighted by molar-refractivity contribution is 5.76. The molecule has 0 spiro atoms. The van der Waals surface area contributed by atoms with Gasteiger partial charge in [0.1, 0.15) is 0 Å². The SMILES string of the molecule is CCCCCCCC/C=C\CCCCCCCCCCCC(=O)OCCCCCC/C=C\CCCCCCCCCC(=O)NC(CO)C(O)CCCCCCCCCCCCCCCC. The molecule has 0 aliphatic heterocycles. The molecule has 0 saturated heterocycles. The van der Waals surface area contributed by atoms with Gasteiger partial charge in [0.2, 0.25) is 5.91 Å². The molecule has 3 N–H and O–H groups in total. The average molecular weight is 917 g/mol. The van der Waals surface area contributed by atoms with Gasteiger partial charge in [-0.05, 0) is 77.0 Å². The molecule has 0 heterocycles. The van der Waals surface area contributed by atoms with Crippen LogP contribution < -0.4 is 5.32 Å². The number of rotatable bonds is 54. The number of nitrogens with one attached hydrogen (secondary N) is 1. The summed E-state index contributed by atoms with van der Waals surface area (Å²) in [5, 5.41) is 23.2. The van der Waals surface area contributed by atoms with Crippen molar-refractivity contribution in [1.82, 2.24) is 5.32 Å². The van der Waals surface area contributed by atoms with Crippen molar-refractivity contribution < 1.29 is 24.5 Å². The van der Waals surface area contributed by atoms with Gasteiger partial charge in [0, 0.05) is 12.8 Å². The van der Waals surface area contributed by atoms with Crippen LogP contribution in [0.2, 0.25) is 0 Å². The second-order valence-corrected chi connectivity index (χ2v) is 20.0. The Bertz CT molecular complexity index is 1010. The standard InChI is InChI=1S/C59H113NO5/c1-3-5-7-9-11-13-15-17-19-20-21-22-25-29-33-37-41-45-49-53-59(64)65-54-50-46-42-38-34-30-26-23-24-28-32-36-40-44-48-52-58(63)60-56(55-61)57(62)51-47-43-39-35-31-27-18-16-14-12-10-8-6-4-2/h17,19,26,30,56-57,61-62H,3-16,18,20-25,27-29,31-55H2,1-2H3,(H,60,63)/b19-17-,30-26-. The monoisotopic (exact) mass is 916 g/mol. The Labute approximate surface area is 405 Å². The topological polar surface area (TPSA) is 95.9 Å². The first kappa shape index (κ1) is 63.3. The van der Waals surface area contributed by atoms with Crippen molar-refractivity contribution in [2.24, 2.45) is 0 Å². The zero-order valence-electron chi connectivity index (χ0n) is 43.7. The van der Waals surface area contributed by atoms with Crippen molar-refractivity contribution in [3.05, 3.63) is 24.3 Å². The lowest BCUT2D eigenvalue weighted by atomic mass is 10.0. The third-order valence-corrected chi connectivity index (χ3v) is 13.5. The van der Waals surface area contributed by atoms with Crippen molar-refractivity contribution >= 4 is 11.9 Å². The van der Waals surface area contributed by atoms with E-state index in [1.807, 2.05) is 0 Å². The smallest absolute Gasteiger partial charge is 0.305 e. The third kappa shape index (κ3) is 51.6. The summed E-state index contributed by atoms with van der Waals surface area (Å²) in [6, 6.07) is -0.552. The van der Waals surface area contributed by atoms with Crippen LogP contribution >= 0.6 is 0 Å². The summed E-state index contributed by atoms with van der Waals surface area (Å²) in [5.74, 6) is -0.0595. The molecule has 2 unspecified atom stereocenters. The average Bonchev–Trinajstić information content (AvgIpc) is 3.31. The van der Waals surface area contributed by atoms with Gasteiger partial charge >= 0.3 is 5.97 Å². The molecule has 6 heteroatoms. The molecule has 0 saturated carbocycles. The Morgan fingerprint density at radius 3 is 1.09 bits per heavy atom. The molecule has 0 aliphatic carbocycles. The summed E-state index contributed by atoms with van der Waals surface area (Å²) in [6.07, 6.45) is 65.9. The van der Waals surface area contributed by atoms with Crippen LogP contribution in [-0.4, -0.2) is 47.4 Å². The van der Waals surface area contributed by atoms with Gasteiger partial charge in [-0.15, -0.1) is 0 Å². The summed E-state index contributed by atoms with van der Waals surface area (Å²) in [4.78, 5) is 24.5. The van der Waals surface area contributed by atoms with Crippen LogP contribution in [0.3, 0.4) is 0 Å². The Hall–Kier alpha value is -1.66. The molecule has 0 radical (unpaired) electrons. The van der Waals surface area contributed by atoms with Crippen molar-refractivity contribution in [3.63, 3.8) is 0 Å². The number of hydrogen-bond acceptors (Lipinski definition) is 5. The lowest BCUT2D eigenvalue weighted by Crippen LogP contribution is -2.45. The molecular weight excluding hydrogens is 803 g/mol. The maximum atomic E-state index is 12.5. The Kier molecular flexibility index (Phi) is 53.5. The van der Waals surface area contributed by atoms with Crippen LogP contribution in [0.1, 0.15) is 316 Å². The Balaban J connectivity index is 3.45. The molecule has 384 valence electrons. The van der Waals surface area contributed by atoms with Crippen molar-refractivity contribution in [2.45, 2.75) is 328 Å². The molecule has 0 bridgehead atoms. The highest BCUT2D eigenvalue weighted by Gasteiger charge is 2.20. The predicted molar refractivity (Wildman–Crippen MR) is 283 cm³/mol. The van der Waals surface area contributed by atoms with Gasteiger partial charge in [-0.1, -0.05) is 250 Å². The minimum atomic E-state index is -0.674. The number of ether oxygens (including phenoxy) is 1. The van der Waals surface area contributed by atoms with Gasteiger partial charge in [0.15, 0.2) is 0 Å². The number of aliphatic hydroxyl groups is 2. The van der Waals surface area contributed by atoms with E-state index in [2.05, 4.69) is 43.5 Å². The molecule has 6 nitrogen and oxygen atoms in total. The van der Waals surface area contributed by atoms with Crippen LogP contribution in [0.15, 0.2) is 24.3 Å². The second kappa shape index (κ2) is 54.9. The first-order valence-corrected chi connectivity index (χ1v) is 29.1. The highest BCUT2D eigenvalue weighted by Crippen LogP contribution is 2.17. The molecule has 0 aromatic rings. The van der Waals surface area contributed by atoms with Gasteiger partial charge < -0.3 is 20.3 Å². The summed E-state index contributed by atoms with van der Waals surface area (Å²) in [5.41, 5.74) is 0. The van der Waals surface area contributed by atoms with E-state index in [0.717, 1.165) is 70.6 Å². The summed E-state index contributed by atoms with van der Waals surface area (Å²) >= 11 is 0. The molecular formula is C59H113NO5. The lowest BCUT2D eigenvalue weighted by Gasteiger charge is -2.22. The molecule has 0 aromatic carbocycles. The van der Waals surface area contributed by atoms with Crippen LogP contribution in [-0.2, 0) is 14.3 Å². The zero-order chi connectivity index (χ0) is 47.2. The van der Waals surface area contributed by atoms with Crippen LogP contribution in [0.5, 0.6) is 0 Å². The molecule has 0 aromatic heterocycles. The van der Waals surface area contributed by atoms with Crippen LogP contribution in [0.4, 0.5) is 0 Å². The number of allylic oxidation sites excluding steroid dienone is 4. The van der Waals surface area contributed by atoms with Gasteiger partial charge in [0.25, 0.3) is 0 Å². The van der Waals surface area contributed by atoms with Gasteiger partial charge in [-0.3, -0.25) is 9.59 Å². The van der Waals surface area contributed by atoms with E-state index < -0.39 is 12.1 Å². The maximum absolute atomic E-state index is 12.5. The minimum Gasteiger partial charge on any atom is -0.466 e. The number of carbonyl (C=O) groups is 2. The number of esters is 1. The van der Waals surface area contributed by atoms with E-state index in [1.54, 1.807) is 0 Å². The van der Waals surface area contributed by atoms with E-state index in [-0.39, 0.29) is 18.5 Å². The number of aliphatic hydroxyl groups excluding tert-OH is 2. The fourth-order valence-electron chi connectivity index (χ4n) is 8.98. The summed E-state index contributed by atoms with van der Waals surface area (Å²) < 4.78 is 5.48. The summed E-state index contributed by atoms with van der Waals surface area (Å²) in [7, 11) is 0. The van der Waals surface area contributed by atoms with Gasteiger partial charge in [0.05, 0.1) is 25.4 Å². The number of carbonyl (C=O) groups excluding carboxylic acids is 2. The van der Waals surface area contributed by atoms with E-state index in [0.29, 0.717) is 25.9 Å².